The van der Waals surface area contributed by atoms with Gasteiger partial charge in [-0.15, -0.1) is 0 Å². The molecule has 0 aliphatic heterocycles. The predicted molar refractivity (Wildman–Crippen MR) is 75.8 cm³/mol. The lowest BCUT2D eigenvalue weighted by atomic mass is 9.95. The van der Waals surface area contributed by atoms with E-state index in [0.717, 1.165) is 29.2 Å². The Bertz CT molecular complexity index is 409. The molecule has 1 aromatic rings. The van der Waals surface area contributed by atoms with Crippen molar-refractivity contribution in [3.63, 3.8) is 0 Å². The molecule has 4 heteroatoms. The summed E-state index contributed by atoms with van der Waals surface area (Å²) in [5.74, 6) is 1.68. The van der Waals surface area contributed by atoms with E-state index >= 15 is 0 Å². The molecule has 0 saturated heterocycles. The van der Waals surface area contributed by atoms with Crippen LogP contribution in [-0.4, -0.2) is 33.9 Å². The molecule has 0 amide bonds. The first-order valence-corrected chi connectivity index (χ1v) is 5.99. The van der Waals surface area contributed by atoms with Gasteiger partial charge < -0.3 is 20.1 Å². The number of benzene rings is 1. The smallest absolute Gasteiger partial charge is 0.142 e. The Hall–Kier alpha value is -1.42. The fourth-order valence-electron chi connectivity index (χ4n) is 1.92. The van der Waals surface area contributed by atoms with E-state index in [-0.39, 0.29) is 5.54 Å². The largest absolute Gasteiger partial charge is 0.496 e. The molecule has 0 radical (unpaired) electrons. The van der Waals surface area contributed by atoms with Crippen LogP contribution in [0.25, 0.3) is 0 Å². The lowest BCUT2D eigenvalue weighted by molar-refractivity contribution is 0.393. The topological polar surface area (TPSA) is 47.7 Å². The van der Waals surface area contributed by atoms with Crippen LogP contribution in [0.5, 0.6) is 11.5 Å². The zero-order chi connectivity index (χ0) is 13.9. The third kappa shape index (κ3) is 3.53. The molecule has 2 N–H and O–H groups in total. The summed E-state index contributed by atoms with van der Waals surface area (Å²) in [5, 5.41) is 0. The molecular formula is C14H24N2O2. The van der Waals surface area contributed by atoms with Crippen LogP contribution >= 0.6 is 0 Å². The van der Waals surface area contributed by atoms with Crippen molar-refractivity contribution in [2.45, 2.75) is 25.8 Å². The van der Waals surface area contributed by atoms with Gasteiger partial charge in [-0.05, 0) is 31.9 Å². The maximum absolute atomic E-state index is 6.07. The number of hydrogen-bond acceptors (Lipinski definition) is 4. The Labute approximate surface area is 110 Å². The van der Waals surface area contributed by atoms with Gasteiger partial charge in [0.15, 0.2) is 0 Å². The van der Waals surface area contributed by atoms with Crippen molar-refractivity contribution in [1.82, 2.24) is 0 Å². The van der Waals surface area contributed by atoms with Crippen LogP contribution in [0.15, 0.2) is 12.1 Å². The van der Waals surface area contributed by atoms with Crippen LogP contribution in [0.1, 0.15) is 19.4 Å². The second-order valence-electron chi connectivity index (χ2n) is 5.40. The van der Waals surface area contributed by atoms with Crippen LogP contribution in [0.3, 0.4) is 0 Å². The molecule has 0 atom stereocenters. The Morgan fingerprint density at radius 1 is 1.11 bits per heavy atom. The Kier molecular flexibility index (Phi) is 4.46. The van der Waals surface area contributed by atoms with Gasteiger partial charge in [0.05, 0.1) is 19.9 Å². The summed E-state index contributed by atoms with van der Waals surface area (Å²) in [5.41, 5.74) is 7.85. The standard InChI is InChI=1S/C14H24N2O2/c1-14(2,15)9-10-7-13(18-6)11(16(3)4)8-12(10)17-5/h7-8H,9,15H2,1-6H3. The first kappa shape index (κ1) is 14.6. The molecule has 0 aliphatic rings. The zero-order valence-corrected chi connectivity index (χ0v) is 12.2. The van der Waals surface area contributed by atoms with E-state index in [1.54, 1.807) is 14.2 Å². The van der Waals surface area contributed by atoms with Gasteiger partial charge in [-0.1, -0.05) is 0 Å². The summed E-state index contributed by atoms with van der Waals surface area (Å²) in [6.07, 6.45) is 0.736. The molecule has 0 spiro atoms. The highest BCUT2D eigenvalue weighted by atomic mass is 16.5. The van der Waals surface area contributed by atoms with Gasteiger partial charge >= 0.3 is 0 Å². The molecule has 1 rings (SSSR count). The fourth-order valence-corrected chi connectivity index (χ4v) is 1.92. The van der Waals surface area contributed by atoms with E-state index in [1.807, 2.05) is 45.0 Å². The van der Waals surface area contributed by atoms with Crippen molar-refractivity contribution in [3.8, 4) is 11.5 Å². The number of anilines is 1. The van der Waals surface area contributed by atoms with Crippen LogP contribution < -0.4 is 20.1 Å². The lowest BCUT2D eigenvalue weighted by Gasteiger charge is -2.23. The van der Waals surface area contributed by atoms with Crippen molar-refractivity contribution in [3.05, 3.63) is 17.7 Å². The number of ether oxygens (including phenoxy) is 2. The molecule has 0 heterocycles. The number of nitrogens with zero attached hydrogens (tertiary/aromatic N) is 1. The average molecular weight is 252 g/mol. The number of nitrogens with two attached hydrogens (primary N) is 1. The number of rotatable bonds is 5. The number of hydrogen-bond donors (Lipinski definition) is 1. The van der Waals surface area contributed by atoms with Crippen molar-refractivity contribution in [1.29, 1.82) is 0 Å². The van der Waals surface area contributed by atoms with Crippen molar-refractivity contribution in [2.75, 3.05) is 33.2 Å². The monoisotopic (exact) mass is 252 g/mol. The van der Waals surface area contributed by atoms with Gasteiger partial charge in [-0.2, -0.15) is 0 Å². The summed E-state index contributed by atoms with van der Waals surface area (Å²) in [6.45, 7) is 4.00. The van der Waals surface area contributed by atoms with E-state index in [1.165, 1.54) is 0 Å². The first-order valence-electron chi connectivity index (χ1n) is 5.99. The fraction of sp³-hybridized carbons (Fsp3) is 0.571. The van der Waals surface area contributed by atoms with Gasteiger partial charge in [0, 0.05) is 25.7 Å². The Morgan fingerprint density at radius 3 is 2.06 bits per heavy atom. The zero-order valence-electron chi connectivity index (χ0n) is 12.2. The van der Waals surface area contributed by atoms with E-state index in [4.69, 9.17) is 15.2 Å². The molecule has 102 valence electrons. The second-order valence-corrected chi connectivity index (χ2v) is 5.40. The minimum Gasteiger partial charge on any atom is -0.496 e. The quantitative estimate of drug-likeness (QED) is 0.871. The predicted octanol–water partition coefficient (Wildman–Crippen LogP) is 2.05. The van der Waals surface area contributed by atoms with Crippen molar-refractivity contribution < 1.29 is 9.47 Å². The summed E-state index contributed by atoms with van der Waals surface area (Å²) in [7, 11) is 7.30. The molecule has 1 aromatic carbocycles. The molecular weight excluding hydrogens is 228 g/mol. The minimum atomic E-state index is -0.280. The van der Waals surface area contributed by atoms with Gasteiger partial charge in [0.2, 0.25) is 0 Å². The SMILES string of the molecule is COc1cc(N(C)C)c(OC)cc1CC(C)(C)N. The van der Waals surface area contributed by atoms with Gasteiger partial charge in [-0.3, -0.25) is 0 Å². The Morgan fingerprint density at radius 2 is 1.67 bits per heavy atom. The maximum atomic E-state index is 6.07. The van der Waals surface area contributed by atoms with Crippen LogP contribution in [0.4, 0.5) is 5.69 Å². The third-order valence-electron chi connectivity index (χ3n) is 2.71. The van der Waals surface area contributed by atoms with Gasteiger partial charge in [-0.25, -0.2) is 0 Å². The van der Waals surface area contributed by atoms with E-state index in [2.05, 4.69) is 0 Å². The highest BCUT2D eigenvalue weighted by molar-refractivity contribution is 5.63. The van der Waals surface area contributed by atoms with E-state index < -0.39 is 0 Å². The van der Waals surface area contributed by atoms with E-state index in [9.17, 15) is 0 Å². The van der Waals surface area contributed by atoms with Crippen LogP contribution in [0.2, 0.25) is 0 Å². The summed E-state index contributed by atoms with van der Waals surface area (Å²) >= 11 is 0. The molecule has 0 fully saturated rings. The van der Waals surface area contributed by atoms with Gasteiger partial charge in [0.25, 0.3) is 0 Å². The minimum absolute atomic E-state index is 0.280. The molecule has 0 unspecified atom stereocenters. The molecule has 0 aliphatic carbocycles. The number of methoxy groups -OCH3 is 2. The van der Waals surface area contributed by atoms with Crippen LogP contribution in [0, 0.1) is 0 Å². The maximum Gasteiger partial charge on any atom is 0.142 e. The molecule has 4 nitrogen and oxygen atoms in total. The van der Waals surface area contributed by atoms with E-state index in [0.29, 0.717) is 0 Å². The normalized spacial score (nSPS) is 11.3. The third-order valence-corrected chi connectivity index (χ3v) is 2.71. The summed E-state index contributed by atoms with van der Waals surface area (Å²) < 4.78 is 10.9. The second kappa shape index (κ2) is 5.48. The molecule has 0 bridgehead atoms. The van der Waals surface area contributed by atoms with Crippen molar-refractivity contribution >= 4 is 5.69 Å². The summed E-state index contributed by atoms with van der Waals surface area (Å²) in [4.78, 5) is 2.00. The highest BCUT2D eigenvalue weighted by Gasteiger charge is 2.18. The lowest BCUT2D eigenvalue weighted by Crippen LogP contribution is -2.34. The molecule has 18 heavy (non-hydrogen) atoms. The van der Waals surface area contributed by atoms with Crippen LogP contribution in [-0.2, 0) is 6.42 Å². The van der Waals surface area contributed by atoms with Gasteiger partial charge in [0.1, 0.15) is 11.5 Å². The summed E-state index contributed by atoms with van der Waals surface area (Å²) in [6, 6.07) is 3.99. The molecule has 0 aromatic heterocycles. The van der Waals surface area contributed by atoms with Crippen molar-refractivity contribution in [2.24, 2.45) is 5.73 Å². The average Bonchev–Trinajstić information content (AvgIpc) is 2.25. The first-order chi connectivity index (χ1) is 8.28. The Balaban J connectivity index is 3.26. The molecule has 0 saturated carbocycles. The highest BCUT2D eigenvalue weighted by Crippen LogP contribution is 2.35.